The Bertz CT molecular complexity index is 179. The van der Waals surface area contributed by atoms with Crippen molar-refractivity contribution in [1.29, 1.82) is 0 Å². The molecule has 2 aliphatic rings. The van der Waals surface area contributed by atoms with Crippen LogP contribution in [-0.4, -0.2) is 38.0 Å². The van der Waals surface area contributed by atoms with Crippen molar-refractivity contribution in [3.8, 4) is 0 Å². The van der Waals surface area contributed by atoms with Crippen molar-refractivity contribution in [2.24, 2.45) is 11.5 Å². The fraction of sp³-hybridized carbons (Fsp3) is 0.833. The van der Waals surface area contributed by atoms with Crippen LogP contribution in [0.3, 0.4) is 0 Å². The van der Waals surface area contributed by atoms with Crippen LogP contribution in [0.5, 0.6) is 0 Å². The number of hydrogen-bond donors (Lipinski definition) is 4. The van der Waals surface area contributed by atoms with Crippen LogP contribution in [0.1, 0.15) is 38.5 Å². The molecule has 106 valence electrons. The Labute approximate surface area is 109 Å². The molecule has 0 spiro atoms. The predicted octanol–water partition coefficient (Wildman–Crippen LogP) is -0.523. The Kier molecular flexibility index (Phi) is 11.5. The minimum Gasteiger partial charge on any atom is -0.361 e. The lowest BCUT2D eigenvalue weighted by Gasteiger charge is -2.08. The number of carbonyl (C=O) groups excluding carboxylic acids is 2. The molecule has 0 aliphatic carbocycles. The van der Waals surface area contributed by atoms with Gasteiger partial charge in [0.1, 0.15) is 0 Å². The van der Waals surface area contributed by atoms with Gasteiger partial charge >= 0.3 is 11.8 Å². The van der Waals surface area contributed by atoms with Crippen molar-refractivity contribution in [3.63, 3.8) is 0 Å². The van der Waals surface area contributed by atoms with E-state index in [1.165, 1.54) is 64.7 Å². The average Bonchev–Trinajstić information content (AvgIpc) is 2.44. The van der Waals surface area contributed by atoms with Crippen molar-refractivity contribution in [3.05, 3.63) is 0 Å². The van der Waals surface area contributed by atoms with Gasteiger partial charge < -0.3 is 22.1 Å². The Hall–Kier alpha value is -1.14. The van der Waals surface area contributed by atoms with E-state index in [4.69, 9.17) is 0 Å². The topological polar surface area (TPSA) is 110 Å². The highest BCUT2D eigenvalue weighted by atomic mass is 16.2. The SMILES string of the molecule is C1CCNCC1.C1CCNCC1.NC(=O)C(N)=O. The fourth-order valence-electron chi connectivity index (χ4n) is 1.60. The second kappa shape index (κ2) is 12.3. The molecule has 2 fully saturated rings. The lowest BCUT2D eigenvalue weighted by atomic mass is 10.2. The smallest absolute Gasteiger partial charge is 0.306 e. The molecule has 0 aromatic heterocycles. The minimum absolute atomic E-state index is 1.10. The number of carbonyl (C=O) groups is 2. The Morgan fingerprint density at radius 3 is 0.944 bits per heavy atom. The molecule has 0 bridgehead atoms. The minimum atomic E-state index is -1.10. The molecule has 6 N–H and O–H groups in total. The van der Waals surface area contributed by atoms with E-state index in [0.717, 1.165) is 0 Å². The van der Waals surface area contributed by atoms with E-state index >= 15 is 0 Å². The molecule has 6 nitrogen and oxygen atoms in total. The number of amides is 2. The molecule has 6 heteroatoms. The number of hydrogen-bond acceptors (Lipinski definition) is 4. The van der Waals surface area contributed by atoms with Gasteiger partial charge in [-0.15, -0.1) is 0 Å². The highest BCUT2D eigenvalue weighted by molar-refractivity contribution is 6.33. The predicted molar refractivity (Wildman–Crippen MR) is 71.8 cm³/mol. The van der Waals surface area contributed by atoms with Crippen LogP contribution in [0, 0.1) is 0 Å². The maximum absolute atomic E-state index is 9.45. The first-order valence-corrected chi connectivity index (χ1v) is 6.65. The van der Waals surface area contributed by atoms with Crippen molar-refractivity contribution in [1.82, 2.24) is 10.6 Å². The molecule has 2 heterocycles. The van der Waals surface area contributed by atoms with Crippen molar-refractivity contribution >= 4 is 11.8 Å². The highest BCUT2D eigenvalue weighted by Gasteiger charge is 1.97. The third-order valence-corrected chi connectivity index (χ3v) is 2.66. The number of nitrogens with two attached hydrogens (primary N) is 2. The zero-order valence-electron chi connectivity index (χ0n) is 11.0. The van der Waals surface area contributed by atoms with Crippen molar-refractivity contribution in [2.45, 2.75) is 38.5 Å². The van der Waals surface area contributed by atoms with Gasteiger partial charge in [0.15, 0.2) is 0 Å². The monoisotopic (exact) mass is 258 g/mol. The van der Waals surface area contributed by atoms with Gasteiger partial charge in [-0.3, -0.25) is 9.59 Å². The van der Waals surface area contributed by atoms with Crippen LogP contribution in [0.25, 0.3) is 0 Å². The second-order valence-corrected chi connectivity index (χ2v) is 4.35. The molecule has 0 atom stereocenters. The third kappa shape index (κ3) is 12.9. The largest absolute Gasteiger partial charge is 0.361 e. The molecular formula is C12H26N4O2. The fourth-order valence-corrected chi connectivity index (χ4v) is 1.60. The van der Waals surface area contributed by atoms with Gasteiger partial charge in [-0.2, -0.15) is 0 Å². The van der Waals surface area contributed by atoms with Gasteiger partial charge in [0.25, 0.3) is 0 Å². The van der Waals surface area contributed by atoms with Crippen LogP contribution >= 0.6 is 0 Å². The number of piperidine rings is 2. The number of rotatable bonds is 0. The van der Waals surface area contributed by atoms with Gasteiger partial charge in [-0.05, 0) is 51.9 Å². The van der Waals surface area contributed by atoms with Gasteiger partial charge in [0.05, 0.1) is 0 Å². The van der Waals surface area contributed by atoms with Crippen LogP contribution in [-0.2, 0) is 9.59 Å². The van der Waals surface area contributed by atoms with E-state index in [1.54, 1.807) is 0 Å². The quantitative estimate of drug-likeness (QED) is 0.438. The van der Waals surface area contributed by atoms with Gasteiger partial charge in [-0.1, -0.05) is 12.8 Å². The Morgan fingerprint density at radius 2 is 0.889 bits per heavy atom. The Morgan fingerprint density at radius 1 is 0.611 bits per heavy atom. The van der Waals surface area contributed by atoms with E-state index in [2.05, 4.69) is 22.1 Å². The first kappa shape index (κ1) is 16.9. The molecule has 0 saturated carbocycles. The molecule has 2 saturated heterocycles. The average molecular weight is 258 g/mol. The van der Waals surface area contributed by atoms with Gasteiger partial charge in [0, 0.05) is 0 Å². The number of nitrogens with one attached hydrogen (secondary N) is 2. The molecule has 0 aromatic carbocycles. The zero-order chi connectivity index (χ0) is 13.6. The summed E-state index contributed by atoms with van der Waals surface area (Å²) < 4.78 is 0. The van der Waals surface area contributed by atoms with Crippen molar-refractivity contribution < 1.29 is 9.59 Å². The summed E-state index contributed by atoms with van der Waals surface area (Å²) in [7, 11) is 0. The summed E-state index contributed by atoms with van der Waals surface area (Å²) >= 11 is 0. The van der Waals surface area contributed by atoms with Crippen molar-refractivity contribution in [2.75, 3.05) is 26.2 Å². The Balaban J connectivity index is 0.000000241. The zero-order valence-corrected chi connectivity index (χ0v) is 11.0. The summed E-state index contributed by atoms with van der Waals surface area (Å²) in [6, 6.07) is 0. The lowest BCUT2D eigenvalue weighted by molar-refractivity contribution is -0.135. The lowest BCUT2D eigenvalue weighted by Crippen LogP contribution is -2.29. The van der Waals surface area contributed by atoms with Crippen LogP contribution in [0.4, 0.5) is 0 Å². The maximum Gasteiger partial charge on any atom is 0.306 e. The molecule has 2 aliphatic heterocycles. The number of primary amides is 2. The molecule has 0 aromatic rings. The normalized spacial score (nSPS) is 18.4. The molecule has 0 unspecified atom stereocenters. The second-order valence-electron chi connectivity index (χ2n) is 4.35. The third-order valence-electron chi connectivity index (χ3n) is 2.66. The summed E-state index contributed by atoms with van der Waals surface area (Å²) in [6.45, 7) is 5.00. The highest BCUT2D eigenvalue weighted by Crippen LogP contribution is 1.97. The first-order chi connectivity index (χ1) is 8.64. The van der Waals surface area contributed by atoms with Gasteiger partial charge in [0.2, 0.25) is 0 Å². The van der Waals surface area contributed by atoms with Gasteiger partial charge in [-0.25, -0.2) is 0 Å². The summed E-state index contributed by atoms with van der Waals surface area (Å²) in [5.41, 5.74) is 8.64. The molecule has 0 radical (unpaired) electrons. The first-order valence-electron chi connectivity index (χ1n) is 6.65. The van der Waals surface area contributed by atoms with E-state index in [-0.39, 0.29) is 0 Å². The van der Waals surface area contributed by atoms with E-state index < -0.39 is 11.8 Å². The van der Waals surface area contributed by atoms with Crippen LogP contribution < -0.4 is 22.1 Å². The van der Waals surface area contributed by atoms with E-state index in [0.29, 0.717) is 0 Å². The summed E-state index contributed by atoms with van der Waals surface area (Å²) in [5.74, 6) is -2.20. The summed E-state index contributed by atoms with van der Waals surface area (Å²) in [5, 5.41) is 6.57. The molecule has 2 amide bonds. The summed E-state index contributed by atoms with van der Waals surface area (Å²) in [4.78, 5) is 18.9. The van der Waals surface area contributed by atoms with E-state index in [9.17, 15) is 9.59 Å². The standard InChI is InChI=1S/2C5H11N.C2H4N2O2/c2*1-2-4-6-5-3-1;3-1(5)2(4)6/h2*6H,1-5H2;(H2,3,5)(H2,4,6). The molecular weight excluding hydrogens is 232 g/mol. The molecule has 2 rings (SSSR count). The maximum atomic E-state index is 9.45. The van der Waals surface area contributed by atoms with E-state index in [1.807, 2.05) is 0 Å². The van der Waals surface area contributed by atoms with Crippen LogP contribution in [0.2, 0.25) is 0 Å². The van der Waals surface area contributed by atoms with Crippen LogP contribution in [0.15, 0.2) is 0 Å². The summed E-state index contributed by atoms with van der Waals surface area (Å²) in [6.07, 6.45) is 8.43. The molecule has 18 heavy (non-hydrogen) atoms.